The van der Waals surface area contributed by atoms with Crippen molar-refractivity contribution in [2.45, 2.75) is 51.4 Å². The number of aliphatic hydroxyl groups is 2. The van der Waals surface area contributed by atoms with Crippen molar-refractivity contribution in [1.29, 1.82) is 0 Å². The number of ether oxygens (including phenoxy) is 2. The summed E-state index contributed by atoms with van der Waals surface area (Å²) in [5.41, 5.74) is -1.55. The van der Waals surface area contributed by atoms with E-state index in [-0.39, 0.29) is 12.7 Å². The Morgan fingerprint density at radius 3 is 2.49 bits per heavy atom. The van der Waals surface area contributed by atoms with E-state index in [0.29, 0.717) is 5.75 Å². The Morgan fingerprint density at radius 2 is 1.92 bits per heavy atom. The van der Waals surface area contributed by atoms with E-state index >= 15 is 0 Å². The number of aromatic nitrogens is 2. The molecule has 202 valence electrons. The van der Waals surface area contributed by atoms with Gasteiger partial charge in [-0.2, -0.15) is 0 Å². The minimum absolute atomic E-state index is 0.353. The summed E-state index contributed by atoms with van der Waals surface area (Å²) < 4.78 is 23.5. The lowest BCUT2D eigenvalue weighted by atomic mass is 10.3. The molecule has 1 aromatic heterocycles. The minimum Gasteiger partial charge on any atom is -0.462 e. The van der Waals surface area contributed by atoms with Crippen LogP contribution < -0.4 is 20.9 Å². The Morgan fingerprint density at radius 1 is 1.24 bits per heavy atom. The van der Waals surface area contributed by atoms with Gasteiger partial charge in [-0.25, -0.2) is 9.88 Å². The topological polar surface area (TPSA) is 161 Å². The van der Waals surface area contributed by atoms with Gasteiger partial charge in [-0.15, -0.1) is 6.42 Å². The molecule has 0 unspecified atom stereocenters. The van der Waals surface area contributed by atoms with Crippen LogP contribution in [0.15, 0.2) is 52.2 Å². The molecular formula is C23H30N3O9PS. The van der Waals surface area contributed by atoms with Crippen molar-refractivity contribution >= 4 is 24.4 Å². The smallest absolute Gasteiger partial charge is 0.330 e. The molecule has 14 heteroatoms. The van der Waals surface area contributed by atoms with Crippen molar-refractivity contribution in [3.8, 4) is 18.1 Å². The van der Waals surface area contributed by atoms with Gasteiger partial charge in [-0.05, 0) is 44.7 Å². The van der Waals surface area contributed by atoms with E-state index in [2.05, 4.69) is 5.09 Å². The second-order valence-electron chi connectivity index (χ2n) is 7.99. The summed E-state index contributed by atoms with van der Waals surface area (Å²) in [6.45, 7) is 0.479. The van der Waals surface area contributed by atoms with Gasteiger partial charge >= 0.3 is 18.3 Å². The Hall–Kier alpha value is -2.82. The zero-order valence-electron chi connectivity index (χ0n) is 20.5. The summed E-state index contributed by atoms with van der Waals surface area (Å²) in [6, 6.07) is 8.65. The molecule has 0 spiro atoms. The van der Waals surface area contributed by atoms with E-state index in [1.807, 2.05) is 10.9 Å². The van der Waals surface area contributed by atoms with Crippen LogP contribution in [0.2, 0.25) is 0 Å². The monoisotopic (exact) mass is 555 g/mol. The van der Waals surface area contributed by atoms with Crippen LogP contribution in [-0.4, -0.2) is 63.3 Å². The Kier molecular flexibility index (Phi) is 11.7. The lowest BCUT2D eigenvalue weighted by molar-refractivity contribution is -0.149. The second kappa shape index (κ2) is 14.2. The molecule has 1 heterocycles. The zero-order valence-corrected chi connectivity index (χ0v) is 22.2. The fourth-order valence-corrected chi connectivity index (χ4v) is 5.29. The average molecular weight is 556 g/mol. The first-order valence-corrected chi connectivity index (χ1v) is 13.8. The van der Waals surface area contributed by atoms with Crippen LogP contribution in [0.3, 0.4) is 0 Å². The van der Waals surface area contributed by atoms with Gasteiger partial charge in [0.15, 0.2) is 12.3 Å². The fraction of sp³-hybridized carbons (Fsp3) is 0.435. The number of H-pyrrole nitrogens is 1. The molecule has 12 nitrogen and oxygen atoms in total. The quantitative estimate of drug-likeness (QED) is 0.147. The SMILES string of the molecule is C#C[C@H](O)[C@@H](O[C@@H](CO)CO[P@@](=S)(N[C@@H](C)C(=O)OC(C)C)Oc1ccccc1)n1ccc(=O)[nH]c1=O. The molecule has 0 fully saturated rings. The molecule has 0 aliphatic rings. The summed E-state index contributed by atoms with van der Waals surface area (Å²) in [5.74, 6) is 1.84. The summed E-state index contributed by atoms with van der Waals surface area (Å²) >= 11 is 5.61. The molecule has 0 saturated carbocycles. The van der Waals surface area contributed by atoms with E-state index in [9.17, 15) is 24.6 Å². The maximum atomic E-state index is 12.4. The number of nitrogens with zero attached hydrogens (tertiary/aromatic N) is 1. The molecule has 4 N–H and O–H groups in total. The molecule has 2 rings (SSSR count). The van der Waals surface area contributed by atoms with Crippen LogP contribution in [-0.2, 0) is 30.6 Å². The molecule has 0 aliphatic heterocycles. The van der Waals surface area contributed by atoms with Crippen LogP contribution in [0, 0.1) is 12.3 Å². The van der Waals surface area contributed by atoms with Crippen LogP contribution in [0.4, 0.5) is 0 Å². The second-order valence-corrected chi connectivity index (χ2v) is 11.1. The minimum atomic E-state index is -3.45. The third-order valence-corrected chi connectivity index (χ3v) is 7.06. The van der Waals surface area contributed by atoms with Crippen LogP contribution in [0.25, 0.3) is 0 Å². The molecule has 2 aromatic rings. The molecule has 1 aromatic carbocycles. The predicted octanol–water partition coefficient (Wildman–Crippen LogP) is 0.657. The Bertz CT molecular complexity index is 1230. The van der Waals surface area contributed by atoms with E-state index < -0.39 is 54.9 Å². The number of aromatic amines is 1. The third-order valence-electron chi connectivity index (χ3n) is 4.56. The van der Waals surface area contributed by atoms with Crippen molar-refractivity contribution in [3.05, 3.63) is 63.4 Å². The van der Waals surface area contributed by atoms with Gasteiger partial charge in [0.25, 0.3) is 5.56 Å². The third kappa shape index (κ3) is 9.53. The summed E-state index contributed by atoms with van der Waals surface area (Å²) in [6.07, 6.45) is 1.79. The number of nitrogens with one attached hydrogen (secondary N) is 2. The number of esters is 1. The summed E-state index contributed by atoms with van der Waals surface area (Å²) in [7, 11) is 0. The van der Waals surface area contributed by atoms with Crippen molar-refractivity contribution in [2.75, 3.05) is 13.2 Å². The molecule has 0 bridgehead atoms. The molecule has 0 saturated heterocycles. The van der Waals surface area contributed by atoms with Crippen molar-refractivity contribution in [1.82, 2.24) is 14.6 Å². The standard InChI is InChI=1S/C23H30N3O9PS/c1-5-19(28)21(26-12-11-20(29)24-23(26)31)34-18(13-27)14-32-36(37,35-17-9-7-6-8-10-17)25-16(4)22(30)33-15(2)3/h1,6-12,15-16,18-19,21,27-28H,13-14H2,2-4H3,(H,25,37)(H,24,29,31)/t16-,18-,19-,21+,36-/m0/s1. The normalized spacial score (nSPS) is 16.1. The lowest BCUT2D eigenvalue weighted by Crippen LogP contribution is -2.41. The van der Waals surface area contributed by atoms with Crippen molar-refractivity contribution < 1.29 is 33.5 Å². The number of rotatable bonds is 14. The van der Waals surface area contributed by atoms with Crippen molar-refractivity contribution in [2.24, 2.45) is 0 Å². The van der Waals surface area contributed by atoms with E-state index in [4.69, 9.17) is 36.8 Å². The van der Waals surface area contributed by atoms with Gasteiger partial charge < -0.3 is 28.7 Å². The highest BCUT2D eigenvalue weighted by molar-refractivity contribution is 8.09. The van der Waals surface area contributed by atoms with Crippen LogP contribution in [0.1, 0.15) is 27.0 Å². The summed E-state index contributed by atoms with van der Waals surface area (Å²) in [4.78, 5) is 38.0. The van der Waals surface area contributed by atoms with Gasteiger partial charge in [0, 0.05) is 12.3 Å². The van der Waals surface area contributed by atoms with E-state index in [0.717, 1.165) is 16.8 Å². The van der Waals surface area contributed by atoms with Gasteiger partial charge in [-0.3, -0.25) is 19.1 Å². The number of benzene rings is 1. The first-order chi connectivity index (χ1) is 17.5. The maximum absolute atomic E-state index is 12.4. The van der Waals surface area contributed by atoms with E-state index in [1.54, 1.807) is 44.2 Å². The molecule has 0 radical (unpaired) electrons. The first-order valence-electron chi connectivity index (χ1n) is 11.2. The maximum Gasteiger partial charge on any atom is 0.330 e. The highest BCUT2D eigenvalue weighted by Crippen LogP contribution is 2.45. The molecular weight excluding hydrogens is 525 g/mol. The van der Waals surface area contributed by atoms with E-state index in [1.165, 1.54) is 6.92 Å². The Balaban J connectivity index is 2.25. The van der Waals surface area contributed by atoms with Crippen molar-refractivity contribution in [3.63, 3.8) is 0 Å². The number of carbonyl (C=O) groups excluding carboxylic acids is 1. The number of hydrogen-bond donors (Lipinski definition) is 4. The molecule has 5 atom stereocenters. The Labute approximate surface area is 218 Å². The first kappa shape index (κ1) is 30.4. The van der Waals surface area contributed by atoms with Gasteiger partial charge in [0.1, 0.15) is 17.9 Å². The lowest BCUT2D eigenvalue weighted by Gasteiger charge is -2.30. The zero-order chi connectivity index (χ0) is 27.6. The van der Waals surface area contributed by atoms with Gasteiger partial charge in [0.05, 0.1) is 19.3 Å². The number of hydrogen-bond acceptors (Lipinski definition) is 10. The molecule has 37 heavy (non-hydrogen) atoms. The van der Waals surface area contributed by atoms with Gasteiger partial charge in [0.2, 0.25) is 0 Å². The number of carbonyl (C=O) groups is 1. The summed E-state index contributed by atoms with van der Waals surface area (Å²) in [5, 5.41) is 23.0. The number of aliphatic hydroxyl groups excluding tert-OH is 2. The van der Waals surface area contributed by atoms with Gasteiger partial charge in [-0.1, -0.05) is 24.1 Å². The highest BCUT2D eigenvalue weighted by atomic mass is 32.5. The molecule has 0 aliphatic carbocycles. The average Bonchev–Trinajstić information content (AvgIpc) is 2.84. The number of para-hydroxylation sites is 1. The predicted molar refractivity (Wildman–Crippen MR) is 138 cm³/mol. The molecule has 0 amide bonds. The number of terminal acetylenes is 1. The largest absolute Gasteiger partial charge is 0.462 e. The highest BCUT2D eigenvalue weighted by Gasteiger charge is 2.31. The fourth-order valence-electron chi connectivity index (χ4n) is 2.85. The van der Waals surface area contributed by atoms with Crippen LogP contribution in [0.5, 0.6) is 5.75 Å². The van der Waals surface area contributed by atoms with Crippen LogP contribution >= 0.6 is 6.64 Å².